The molecule has 0 saturated carbocycles. The normalized spacial score (nSPS) is 20.0. The van der Waals surface area contributed by atoms with Crippen LogP contribution in [0.15, 0.2) is 24.3 Å². The Morgan fingerprint density at radius 2 is 2.04 bits per heavy atom. The molecular formula is C18H23N3O3. The maximum absolute atomic E-state index is 13.0. The standard InChI is InChI=1S/C18H23N3O3/c1-12(2)10-19-16(22)11-21-14-7-4-3-6-13(14)17(23)20-9-5-8-15(20)18(21)24/h3-4,6-7,12,15H,5,8-11H2,1-2H3,(H,19,22)/t15-/m0/s1. The van der Waals surface area contributed by atoms with E-state index in [9.17, 15) is 14.4 Å². The number of nitrogens with zero attached hydrogens (tertiary/aromatic N) is 2. The molecular weight excluding hydrogens is 306 g/mol. The first kappa shape index (κ1) is 16.5. The molecule has 0 unspecified atom stereocenters. The van der Waals surface area contributed by atoms with Gasteiger partial charge in [0.2, 0.25) is 11.8 Å². The number of benzene rings is 1. The van der Waals surface area contributed by atoms with Crippen molar-refractivity contribution in [1.29, 1.82) is 0 Å². The number of hydrogen-bond donors (Lipinski definition) is 1. The lowest BCUT2D eigenvalue weighted by atomic mass is 10.1. The zero-order valence-corrected chi connectivity index (χ0v) is 14.1. The van der Waals surface area contributed by atoms with Crippen LogP contribution in [0.4, 0.5) is 5.69 Å². The van der Waals surface area contributed by atoms with Gasteiger partial charge in [-0.25, -0.2) is 0 Å². The summed E-state index contributed by atoms with van der Waals surface area (Å²) in [5.41, 5.74) is 1.02. The van der Waals surface area contributed by atoms with Crippen molar-refractivity contribution in [3.8, 4) is 0 Å². The van der Waals surface area contributed by atoms with Crippen LogP contribution in [0.1, 0.15) is 37.0 Å². The molecule has 128 valence electrons. The second-order valence-corrected chi connectivity index (χ2v) is 6.80. The lowest BCUT2D eigenvalue weighted by Crippen LogP contribution is -2.48. The number of fused-ring (bicyclic) bond motifs is 2. The van der Waals surface area contributed by atoms with Crippen LogP contribution in [0.5, 0.6) is 0 Å². The Morgan fingerprint density at radius 3 is 2.79 bits per heavy atom. The number of amides is 3. The summed E-state index contributed by atoms with van der Waals surface area (Å²) < 4.78 is 0. The number of anilines is 1. The van der Waals surface area contributed by atoms with Gasteiger partial charge < -0.3 is 15.1 Å². The molecule has 3 amide bonds. The van der Waals surface area contributed by atoms with E-state index < -0.39 is 6.04 Å². The van der Waals surface area contributed by atoms with Gasteiger partial charge in [-0.15, -0.1) is 0 Å². The number of nitrogens with one attached hydrogen (secondary N) is 1. The average molecular weight is 329 g/mol. The maximum atomic E-state index is 13.0. The number of para-hydroxylation sites is 1. The van der Waals surface area contributed by atoms with E-state index in [1.807, 2.05) is 13.8 Å². The van der Waals surface area contributed by atoms with Crippen LogP contribution in [0.2, 0.25) is 0 Å². The number of rotatable bonds is 4. The molecule has 0 aromatic heterocycles. The predicted octanol–water partition coefficient (Wildman–Crippen LogP) is 1.41. The first-order chi connectivity index (χ1) is 11.5. The maximum Gasteiger partial charge on any atom is 0.256 e. The number of hydrogen-bond acceptors (Lipinski definition) is 3. The van der Waals surface area contributed by atoms with Crippen LogP contribution in [0.3, 0.4) is 0 Å². The van der Waals surface area contributed by atoms with Gasteiger partial charge in [0.05, 0.1) is 11.3 Å². The third-order valence-electron chi connectivity index (χ3n) is 4.50. The molecule has 1 aromatic carbocycles. The summed E-state index contributed by atoms with van der Waals surface area (Å²) >= 11 is 0. The fourth-order valence-corrected chi connectivity index (χ4v) is 3.29. The van der Waals surface area contributed by atoms with Gasteiger partial charge in [-0.05, 0) is 30.9 Å². The highest BCUT2D eigenvalue weighted by Crippen LogP contribution is 2.32. The highest BCUT2D eigenvalue weighted by molar-refractivity contribution is 6.12. The van der Waals surface area contributed by atoms with Gasteiger partial charge >= 0.3 is 0 Å². The van der Waals surface area contributed by atoms with Crippen molar-refractivity contribution in [1.82, 2.24) is 10.2 Å². The molecule has 0 aliphatic carbocycles. The molecule has 6 heteroatoms. The van der Waals surface area contributed by atoms with Gasteiger partial charge in [0.1, 0.15) is 12.6 Å². The smallest absolute Gasteiger partial charge is 0.256 e. The summed E-state index contributed by atoms with van der Waals surface area (Å²) in [4.78, 5) is 41.1. The molecule has 24 heavy (non-hydrogen) atoms. The molecule has 6 nitrogen and oxygen atoms in total. The highest BCUT2D eigenvalue weighted by atomic mass is 16.2. The Balaban J connectivity index is 1.91. The topological polar surface area (TPSA) is 69.7 Å². The highest BCUT2D eigenvalue weighted by Gasteiger charge is 2.42. The summed E-state index contributed by atoms with van der Waals surface area (Å²) in [7, 11) is 0. The minimum absolute atomic E-state index is 0.0554. The van der Waals surface area contributed by atoms with Gasteiger partial charge in [0, 0.05) is 13.1 Å². The van der Waals surface area contributed by atoms with Crippen LogP contribution in [-0.4, -0.2) is 48.3 Å². The van der Waals surface area contributed by atoms with Crippen molar-refractivity contribution in [2.24, 2.45) is 5.92 Å². The van der Waals surface area contributed by atoms with E-state index in [-0.39, 0.29) is 24.3 Å². The second-order valence-electron chi connectivity index (χ2n) is 6.80. The van der Waals surface area contributed by atoms with Crippen LogP contribution in [0.25, 0.3) is 0 Å². The summed E-state index contributed by atoms with van der Waals surface area (Å²) in [6, 6.07) is 6.58. The van der Waals surface area contributed by atoms with Crippen LogP contribution in [-0.2, 0) is 9.59 Å². The number of carbonyl (C=O) groups excluding carboxylic acids is 3. The van der Waals surface area contributed by atoms with Crippen molar-refractivity contribution < 1.29 is 14.4 Å². The van der Waals surface area contributed by atoms with E-state index in [1.54, 1.807) is 29.2 Å². The van der Waals surface area contributed by atoms with Gasteiger partial charge in [-0.3, -0.25) is 14.4 Å². The van der Waals surface area contributed by atoms with E-state index in [1.165, 1.54) is 4.90 Å². The summed E-state index contributed by atoms with van der Waals surface area (Å²) in [6.45, 7) is 5.14. The van der Waals surface area contributed by atoms with E-state index >= 15 is 0 Å². The number of carbonyl (C=O) groups is 3. The molecule has 1 saturated heterocycles. The van der Waals surface area contributed by atoms with Gasteiger partial charge in [0.25, 0.3) is 5.91 Å². The molecule has 0 radical (unpaired) electrons. The second kappa shape index (κ2) is 6.63. The van der Waals surface area contributed by atoms with Crippen molar-refractivity contribution in [2.45, 2.75) is 32.7 Å². The van der Waals surface area contributed by atoms with Crippen LogP contribution < -0.4 is 10.2 Å². The van der Waals surface area contributed by atoms with Crippen molar-refractivity contribution >= 4 is 23.4 Å². The first-order valence-electron chi connectivity index (χ1n) is 8.47. The van der Waals surface area contributed by atoms with Crippen molar-refractivity contribution in [3.63, 3.8) is 0 Å². The molecule has 1 atom stereocenters. The molecule has 2 aliphatic heterocycles. The van der Waals surface area contributed by atoms with Crippen LogP contribution in [0, 0.1) is 5.92 Å². The predicted molar refractivity (Wildman–Crippen MR) is 90.7 cm³/mol. The fraction of sp³-hybridized carbons (Fsp3) is 0.500. The lowest BCUT2D eigenvalue weighted by Gasteiger charge is -2.25. The van der Waals surface area contributed by atoms with Gasteiger partial charge in [-0.2, -0.15) is 0 Å². The molecule has 0 bridgehead atoms. The largest absolute Gasteiger partial charge is 0.354 e. The Bertz CT molecular complexity index is 671. The van der Waals surface area contributed by atoms with E-state index in [4.69, 9.17) is 0 Å². The molecule has 0 spiro atoms. The quantitative estimate of drug-likeness (QED) is 0.908. The SMILES string of the molecule is CC(C)CNC(=O)CN1C(=O)[C@@H]2CCCN2C(=O)c2ccccc21. The monoisotopic (exact) mass is 329 g/mol. The third-order valence-corrected chi connectivity index (χ3v) is 4.50. The molecule has 1 aromatic rings. The zero-order valence-electron chi connectivity index (χ0n) is 14.1. The lowest BCUT2D eigenvalue weighted by molar-refractivity contribution is -0.125. The Kier molecular flexibility index (Phi) is 4.55. The summed E-state index contributed by atoms with van der Waals surface area (Å²) in [5.74, 6) is -0.143. The third kappa shape index (κ3) is 3.00. The zero-order chi connectivity index (χ0) is 17.3. The minimum Gasteiger partial charge on any atom is -0.354 e. The molecule has 1 N–H and O–H groups in total. The Labute approximate surface area is 141 Å². The van der Waals surface area contributed by atoms with E-state index in [2.05, 4.69) is 5.32 Å². The Morgan fingerprint density at radius 1 is 1.29 bits per heavy atom. The molecule has 2 heterocycles. The van der Waals surface area contributed by atoms with Crippen molar-refractivity contribution in [3.05, 3.63) is 29.8 Å². The summed E-state index contributed by atoms with van der Waals surface area (Å²) in [6.07, 6.45) is 1.47. The molecule has 3 rings (SSSR count). The van der Waals surface area contributed by atoms with Crippen LogP contribution >= 0.6 is 0 Å². The molecule has 2 aliphatic rings. The Hall–Kier alpha value is -2.37. The minimum atomic E-state index is -0.456. The summed E-state index contributed by atoms with van der Waals surface area (Å²) in [5, 5.41) is 2.84. The average Bonchev–Trinajstić information content (AvgIpc) is 3.03. The first-order valence-corrected chi connectivity index (χ1v) is 8.47. The van der Waals surface area contributed by atoms with Crippen molar-refractivity contribution in [2.75, 3.05) is 24.5 Å². The van der Waals surface area contributed by atoms with Gasteiger partial charge in [0.15, 0.2) is 0 Å². The van der Waals surface area contributed by atoms with E-state index in [0.717, 1.165) is 6.42 Å². The fourth-order valence-electron chi connectivity index (χ4n) is 3.29. The van der Waals surface area contributed by atoms with Gasteiger partial charge in [-0.1, -0.05) is 26.0 Å². The van der Waals surface area contributed by atoms with E-state index in [0.29, 0.717) is 36.7 Å². The molecule has 1 fully saturated rings.